The van der Waals surface area contributed by atoms with Crippen molar-refractivity contribution in [1.29, 1.82) is 0 Å². The predicted octanol–water partition coefficient (Wildman–Crippen LogP) is 4.55. The summed E-state index contributed by atoms with van der Waals surface area (Å²) in [5.74, 6) is -0.130. The Hall–Kier alpha value is -1.65. The molecule has 3 nitrogen and oxygen atoms in total. The van der Waals surface area contributed by atoms with Crippen molar-refractivity contribution < 1.29 is 9.53 Å². The number of ether oxygens (including phenoxy) is 1. The van der Waals surface area contributed by atoms with Gasteiger partial charge in [-0.2, -0.15) is 0 Å². The molecule has 0 heterocycles. The molecule has 0 aromatic heterocycles. The van der Waals surface area contributed by atoms with Gasteiger partial charge in [-0.1, -0.05) is 29.8 Å². The summed E-state index contributed by atoms with van der Waals surface area (Å²) in [4.78, 5) is 12.4. The number of nitrogens with one attached hydrogen (secondary N) is 1. The van der Waals surface area contributed by atoms with E-state index < -0.39 is 0 Å². The van der Waals surface area contributed by atoms with E-state index >= 15 is 0 Å². The fraction of sp³-hybridized carbons (Fsp3) is 0.235. The van der Waals surface area contributed by atoms with E-state index in [0.29, 0.717) is 18.8 Å². The van der Waals surface area contributed by atoms with Crippen molar-refractivity contribution in [3.05, 3.63) is 63.6 Å². The molecule has 0 fully saturated rings. The first-order chi connectivity index (χ1) is 10.1. The number of amides is 1. The van der Waals surface area contributed by atoms with Crippen LogP contribution in [0.25, 0.3) is 0 Å². The lowest BCUT2D eigenvalue weighted by molar-refractivity contribution is 0.102. The van der Waals surface area contributed by atoms with Gasteiger partial charge < -0.3 is 10.1 Å². The van der Waals surface area contributed by atoms with Gasteiger partial charge in [-0.3, -0.25) is 4.79 Å². The Morgan fingerprint density at radius 1 is 1.24 bits per heavy atom. The van der Waals surface area contributed by atoms with Crippen molar-refractivity contribution in [3.63, 3.8) is 0 Å². The Kier molecular flexibility index (Phi) is 5.53. The zero-order chi connectivity index (χ0) is 15.2. The number of hydrogen-bond acceptors (Lipinski definition) is 2. The van der Waals surface area contributed by atoms with Crippen LogP contribution in [-0.2, 0) is 11.3 Å². The lowest BCUT2D eigenvalue weighted by Gasteiger charge is -2.12. The molecule has 2 aromatic carbocycles. The monoisotopic (exact) mass is 347 g/mol. The molecule has 4 heteroatoms. The first-order valence-electron chi connectivity index (χ1n) is 6.85. The SMILES string of the molecule is CCOCc1ccccc1NC(=O)c1cc(C)ccc1Br. The van der Waals surface area contributed by atoms with Gasteiger partial charge in [0.2, 0.25) is 0 Å². The lowest BCUT2D eigenvalue weighted by Crippen LogP contribution is -2.14. The van der Waals surface area contributed by atoms with Crippen LogP contribution in [0.3, 0.4) is 0 Å². The fourth-order valence-electron chi connectivity index (χ4n) is 1.98. The van der Waals surface area contributed by atoms with Crippen molar-refractivity contribution in [2.75, 3.05) is 11.9 Å². The molecule has 0 bridgehead atoms. The van der Waals surface area contributed by atoms with Gasteiger partial charge in [0.25, 0.3) is 5.91 Å². The number of carbonyl (C=O) groups excluding carboxylic acids is 1. The van der Waals surface area contributed by atoms with Crippen LogP contribution in [0.1, 0.15) is 28.4 Å². The van der Waals surface area contributed by atoms with E-state index in [4.69, 9.17) is 4.74 Å². The highest BCUT2D eigenvalue weighted by Crippen LogP contribution is 2.21. The average molecular weight is 348 g/mol. The van der Waals surface area contributed by atoms with Crippen LogP contribution in [0, 0.1) is 6.92 Å². The number of para-hydroxylation sites is 1. The molecular weight excluding hydrogens is 330 g/mol. The van der Waals surface area contributed by atoms with Crippen molar-refractivity contribution in [2.45, 2.75) is 20.5 Å². The van der Waals surface area contributed by atoms with Crippen molar-refractivity contribution in [1.82, 2.24) is 0 Å². The molecule has 0 unspecified atom stereocenters. The molecule has 0 saturated heterocycles. The summed E-state index contributed by atoms with van der Waals surface area (Å²) in [5, 5.41) is 2.95. The zero-order valence-corrected chi connectivity index (χ0v) is 13.7. The highest BCUT2D eigenvalue weighted by molar-refractivity contribution is 9.10. The van der Waals surface area contributed by atoms with Crippen molar-refractivity contribution in [3.8, 4) is 0 Å². The van der Waals surface area contributed by atoms with E-state index in [1.807, 2.05) is 56.3 Å². The zero-order valence-electron chi connectivity index (χ0n) is 12.2. The Bertz CT molecular complexity index is 640. The standard InChI is InChI=1S/C17H18BrNO2/c1-3-21-11-13-6-4-5-7-16(13)19-17(20)14-10-12(2)8-9-15(14)18/h4-10H,3,11H2,1-2H3,(H,19,20). The van der Waals surface area contributed by atoms with Gasteiger partial charge in [-0.05, 0) is 48.0 Å². The van der Waals surface area contributed by atoms with Crippen molar-refractivity contribution in [2.24, 2.45) is 0 Å². The number of carbonyl (C=O) groups is 1. The fourth-order valence-corrected chi connectivity index (χ4v) is 2.41. The van der Waals surface area contributed by atoms with Gasteiger partial charge in [-0.15, -0.1) is 0 Å². The maximum atomic E-state index is 12.4. The number of halogens is 1. The summed E-state index contributed by atoms with van der Waals surface area (Å²) in [6.07, 6.45) is 0. The van der Waals surface area contributed by atoms with E-state index in [1.165, 1.54) is 0 Å². The molecule has 0 aliphatic carbocycles. The minimum Gasteiger partial charge on any atom is -0.377 e. The molecule has 110 valence electrons. The Labute approximate surface area is 133 Å². The van der Waals surface area contributed by atoms with Crippen LogP contribution in [0.4, 0.5) is 5.69 Å². The summed E-state index contributed by atoms with van der Waals surface area (Å²) in [6.45, 7) is 5.05. The lowest BCUT2D eigenvalue weighted by atomic mass is 10.1. The van der Waals surface area contributed by atoms with Gasteiger partial charge in [0, 0.05) is 22.3 Å². The first-order valence-corrected chi connectivity index (χ1v) is 7.64. The molecule has 0 radical (unpaired) electrons. The second-order valence-electron chi connectivity index (χ2n) is 4.73. The molecule has 1 N–H and O–H groups in total. The van der Waals surface area contributed by atoms with Crippen LogP contribution in [0.15, 0.2) is 46.9 Å². The molecule has 0 spiro atoms. The second-order valence-corrected chi connectivity index (χ2v) is 5.59. The smallest absolute Gasteiger partial charge is 0.256 e. The Morgan fingerprint density at radius 2 is 2.00 bits per heavy atom. The largest absolute Gasteiger partial charge is 0.377 e. The number of rotatable bonds is 5. The molecule has 0 saturated carbocycles. The van der Waals surface area contributed by atoms with E-state index in [-0.39, 0.29) is 5.91 Å². The third kappa shape index (κ3) is 4.16. The third-order valence-corrected chi connectivity index (χ3v) is 3.79. The normalized spacial score (nSPS) is 10.4. The molecule has 0 aliphatic rings. The maximum Gasteiger partial charge on any atom is 0.256 e. The topological polar surface area (TPSA) is 38.3 Å². The van der Waals surface area contributed by atoms with Crippen molar-refractivity contribution >= 4 is 27.5 Å². The van der Waals surface area contributed by atoms with Gasteiger partial charge >= 0.3 is 0 Å². The van der Waals surface area contributed by atoms with Gasteiger partial charge in [0.05, 0.1) is 12.2 Å². The second kappa shape index (κ2) is 7.38. The molecule has 2 aromatic rings. The van der Waals surface area contributed by atoms with E-state index in [9.17, 15) is 4.79 Å². The minimum atomic E-state index is -0.130. The minimum absolute atomic E-state index is 0.130. The highest BCUT2D eigenvalue weighted by Gasteiger charge is 2.12. The first kappa shape index (κ1) is 15.7. The van der Waals surface area contributed by atoms with Crippen LogP contribution in [0.2, 0.25) is 0 Å². The van der Waals surface area contributed by atoms with Gasteiger partial charge in [-0.25, -0.2) is 0 Å². The third-order valence-electron chi connectivity index (χ3n) is 3.09. The van der Waals surface area contributed by atoms with Crippen LogP contribution in [-0.4, -0.2) is 12.5 Å². The van der Waals surface area contributed by atoms with Gasteiger partial charge in [0.1, 0.15) is 0 Å². The predicted molar refractivity (Wildman–Crippen MR) is 88.6 cm³/mol. The Balaban J connectivity index is 2.21. The van der Waals surface area contributed by atoms with Crippen LogP contribution in [0.5, 0.6) is 0 Å². The average Bonchev–Trinajstić information content (AvgIpc) is 2.48. The maximum absolute atomic E-state index is 12.4. The highest BCUT2D eigenvalue weighted by atomic mass is 79.9. The summed E-state index contributed by atoms with van der Waals surface area (Å²) in [7, 11) is 0. The van der Waals surface area contributed by atoms with E-state index in [0.717, 1.165) is 21.3 Å². The Morgan fingerprint density at radius 3 is 2.76 bits per heavy atom. The molecular formula is C17H18BrNO2. The van der Waals surface area contributed by atoms with E-state index in [2.05, 4.69) is 21.2 Å². The summed E-state index contributed by atoms with van der Waals surface area (Å²) in [6, 6.07) is 13.4. The summed E-state index contributed by atoms with van der Waals surface area (Å²) in [5.41, 5.74) is 3.42. The molecule has 0 atom stereocenters. The van der Waals surface area contributed by atoms with E-state index in [1.54, 1.807) is 0 Å². The van der Waals surface area contributed by atoms with Crippen LogP contribution >= 0.6 is 15.9 Å². The molecule has 1 amide bonds. The summed E-state index contributed by atoms with van der Waals surface area (Å²) < 4.78 is 6.21. The number of anilines is 1. The number of aryl methyl sites for hydroxylation is 1. The quantitative estimate of drug-likeness (QED) is 0.861. The molecule has 2 rings (SSSR count). The van der Waals surface area contributed by atoms with Gasteiger partial charge in [0.15, 0.2) is 0 Å². The number of hydrogen-bond donors (Lipinski definition) is 1. The number of benzene rings is 2. The molecule has 0 aliphatic heterocycles. The molecule has 21 heavy (non-hydrogen) atoms. The summed E-state index contributed by atoms with van der Waals surface area (Å²) >= 11 is 3.42. The van der Waals surface area contributed by atoms with Crippen LogP contribution < -0.4 is 5.32 Å².